The number of aromatic nitrogens is 2. The molecule has 2 aromatic carbocycles. The molecule has 5 heteroatoms. The van der Waals surface area contributed by atoms with Crippen LogP contribution in [0.2, 0.25) is 0 Å². The molecule has 1 amide bonds. The Labute approximate surface area is 172 Å². The Morgan fingerprint density at radius 2 is 2.03 bits per heavy atom. The van der Waals surface area contributed by atoms with E-state index in [1.807, 2.05) is 31.2 Å². The van der Waals surface area contributed by atoms with Crippen molar-refractivity contribution in [3.05, 3.63) is 71.6 Å². The van der Waals surface area contributed by atoms with Crippen molar-refractivity contribution >= 4 is 16.9 Å². The SMILES string of the molecule is C/C=C/C(=O)NCCc1nc2ccccc2n1CCCOc1ccc(C)cc1C. The molecule has 0 saturated carbocycles. The summed E-state index contributed by atoms with van der Waals surface area (Å²) in [5.74, 6) is 1.86. The van der Waals surface area contributed by atoms with E-state index in [9.17, 15) is 4.79 Å². The average molecular weight is 392 g/mol. The topological polar surface area (TPSA) is 56.2 Å². The molecule has 0 spiro atoms. The van der Waals surface area contributed by atoms with E-state index in [-0.39, 0.29) is 5.91 Å². The monoisotopic (exact) mass is 391 g/mol. The van der Waals surface area contributed by atoms with E-state index in [1.54, 1.807) is 6.08 Å². The largest absolute Gasteiger partial charge is 0.493 e. The van der Waals surface area contributed by atoms with E-state index in [1.165, 1.54) is 11.6 Å². The number of aryl methyl sites for hydroxylation is 3. The van der Waals surface area contributed by atoms with Crippen LogP contribution in [0.5, 0.6) is 5.75 Å². The molecule has 0 fully saturated rings. The molecule has 0 aliphatic carbocycles. The zero-order valence-corrected chi connectivity index (χ0v) is 17.4. The fourth-order valence-electron chi connectivity index (χ4n) is 3.44. The first kappa shape index (κ1) is 20.6. The maximum atomic E-state index is 11.6. The van der Waals surface area contributed by atoms with Gasteiger partial charge in [0.25, 0.3) is 0 Å². The number of ether oxygens (including phenoxy) is 1. The molecule has 1 N–H and O–H groups in total. The van der Waals surface area contributed by atoms with Crippen molar-refractivity contribution in [2.45, 2.75) is 40.2 Å². The lowest BCUT2D eigenvalue weighted by Crippen LogP contribution is -2.24. The van der Waals surface area contributed by atoms with Gasteiger partial charge in [-0.05, 0) is 57.0 Å². The number of rotatable bonds is 9. The number of allylic oxidation sites excluding steroid dienone is 1. The second kappa shape index (κ2) is 9.92. The van der Waals surface area contributed by atoms with Gasteiger partial charge in [-0.2, -0.15) is 0 Å². The van der Waals surface area contributed by atoms with Crippen LogP contribution in [0, 0.1) is 13.8 Å². The average Bonchev–Trinajstić information content (AvgIpc) is 3.04. The Kier molecular flexibility index (Phi) is 7.06. The number of fused-ring (bicyclic) bond motifs is 1. The second-order valence-electron chi connectivity index (χ2n) is 7.18. The zero-order valence-electron chi connectivity index (χ0n) is 17.4. The summed E-state index contributed by atoms with van der Waals surface area (Å²) in [6.45, 7) is 8.03. The first-order chi connectivity index (χ1) is 14.1. The third-order valence-electron chi connectivity index (χ3n) is 4.81. The van der Waals surface area contributed by atoms with Crippen LogP contribution in [0.25, 0.3) is 11.0 Å². The smallest absolute Gasteiger partial charge is 0.243 e. The van der Waals surface area contributed by atoms with Gasteiger partial charge < -0.3 is 14.6 Å². The highest BCUT2D eigenvalue weighted by Crippen LogP contribution is 2.20. The molecule has 0 radical (unpaired) electrons. The predicted molar refractivity (Wildman–Crippen MR) is 117 cm³/mol. The number of carbonyl (C=O) groups excluding carboxylic acids is 1. The van der Waals surface area contributed by atoms with E-state index in [2.05, 4.69) is 41.9 Å². The molecular weight excluding hydrogens is 362 g/mol. The minimum absolute atomic E-state index is 0.0722. The van der Waals surface area contributed by atoms with Crippen molar-refractivity contribution in [3.8, 4) is 5.75 Å². The quantitative estimate of drug-likeness (QED) is 0.436. The van der Waals surface area contributed by atoms with E-state index < -0.39 is 0 Å². The summed E-state index contributed by atoms with van der Waals surface area (Å²) < 4.78 is 8.22. The van der Waals surface area contributed by atoms with Crippen molar-refractivity contribution in [1.29, 1.82) is 0 Å². The van der Waals surface area contributed by atoms with Gasteiger partial charge >= 0.3 is 0 Å². The summed E-state index contributed by atoms with van der Waals surface area (Å²) in [5, 5.41) is 2.90. The highest BCUT2D eigenvalue weighted by atomic mass is 16.5. The van der Waals surface area contributed by atoms with Gasteiger partial charge in [-0.15, -0.1) is 0 Å². The van der Waals surface area contributed by atoms with Crippen molar-refractivity contribution in [3.63, 3.8) is 0 Å². The normalized spacial score (nSPS) is 11.3. The summed E-state index contributed by atoms with van der Waals surface area (Å²) in [5.41, 5.74) is 4.51. The fourth-order valence-corrected chi connectivity index (χ4v) is 3.44. The van der Waals surface area contributed by atoms with Gasteiger partial charge in [0.05, 0.1) is 17.6 Å². The third-order valence-corrected chi connectivity index (χ3v) is 4.81. The summed E-state index contributed by atoms with van der Waals surface area (Å²) in [6, 6.07) is 14.4. The summed E-state index contributed by atoms with van der Waals surface area (Å²) >= 11 is 0. The summed E-state index contributed by atoms with van der Waals surface area (Å²) in [7, 11) is 0. The number of nitrogens with one attached hydrogen (secondary N) is 1. The maximum Gasteiger partial charge on any atom is 0.243 e. The number of imidazole rings is 1. The minimum atomic E-state index is -0.0722. The summed E-state index contributed by atoms with van der Waals surface area (Å²) in [4.78, 5) is 16.4. The van der Waals surface area contributed by atoms with Crippen LogP contribution in [0.1, 0.15) is 30.3 Å². The lowest BCUT2D eigenvalue weighted by Gasteiger charge is -2.12. The molecule has 0 atom stereocenters. The Balaban J connectivity index is 1.63. The van der Waals surface area contributed by atoms with Gasteiger partial charge in [-0.1, -0.05) is 35.9 Å². The number of benzene rings is 2. The van der Waals surface area contributed by atoms with Crippen LogP contribution in [0.4, 0.5) is 0 Å². The lowest BCUT2D eigenvalue weighted by atomic mass is 10.1. The molecule has 5 nitrogen and oxygen atoms in total. The van der Waals surface area contributed by atoms with E-state index in [0.29, 0.717) is 19.6 Å². The Bertz CT molecular complexity index is 1000. The van der Waals surface area contributed by atoms with E-state index in [0.717, 1.165) is 41.1 Å². The maximum absolute atomic E-state index is 11.6. The number of amides is 1. The van der Waals surface area contributed by atoms with Crippen molar-refractivity contribution in [1.82, 2.24) is 14.9 Å². The van der Waals surface area contributed by atoms with Crippen molar-refractivity contribution < 1.29 is 9.53 Å². The number of carbonyl (C=O) groups is 1. The summed E-state index contributed by atoms with van der Waals surface area (Å²) in [6.07, 6.45) is 4.84. The fraction of sp³-hybridized carbons (Fsp3) is 0.333. The molecule has 3 aromatic rings. The minimum Gasteiger partial charge on any atom is -0.493 e. The third kappa shape index (κ3) is 5.47. The number of hydrogen-bond acceptors (Lipinski definition) is 3. The molecule has 3 rings (SSSR count). The lowest BCUT2D eigenvalue weighted by molar-refractivity contribution is -0.116. The molecule has 0 aliphatic rings. The van der Waals surface area contributed by atoms with Gasteiger partial charge in [0.2, 0.25) is 5.91 Å². The van der Waals surface area contributed by atoms with Crippen LogP contribution in [0.3, 0.4) is 0 Å². The van der Waals surface area contributed by atoms with Crippen LogP contribution >= 0.6 is 0 Å². The molecule has 152 valence electrons. The molecule has 1 heterocycles. The van der Waals surface area contributed by atoms with Crippen LogP contribution in [-0.4, -0.2) is 28.6 Å². The van der Waals surface area contributed by atoms with Crippen LogP contribution in [-0.2, 0) is 17.8 Å². The van der Waals surface area contributed by atoms with Crippen molar-refractivity contribution in [2.75, 3.05) is 13.2 Å². The molecule has 0 saturated heterocycles. The Hall–Kier alpha value is -3.08. The first-order valence-corrected chi connectivity index (χ1v) is 10.1. The number of nitrogens with zero attached hydrogens (tertiary/aromatic N) is 2. The molecule has 0 bridgehead atoms. The molecule has 0 unspecified atom stereocenters. The molecule has 0 aliphatic heterocycles. The molecule has 29 heavy (non-hydrogen) atoms. The second-order valence-corrected chi connectivity index (χ2v) is 7.18. The van der Waals surface area contributed by atoms with Gasteiger partial charge in [-0.3, -0.25) is 4.79 Å². The standard InChI is InChI=1S/C24H29N3O2/c1-4-8-24(28)25-14-13-23-26-20-9-5-6-10-21(20)27(23)15-7-16-29-22-12-11-18(2)17-19(22)3/h4-6,8-12,17H,7,13-16H2,1-3H3,(H,25,28)/b8-4+. The van der Waals surface area contributed by atoms with Gasteiger partial charge in [0.15, 0.2) is 0 Å². The van der Waals surface area contributed by atoms with Crippen molar-refractivity contribution in [2.24, 2.45) is 0 Å². The zero-order chi connectivity index (χ0) is 20.6. The highest BCUT2D eigenvalue weighted by molar-refractivity contribution is 5.87. The van der Waals surface area contributed by atoms with E-state index in [4.69, 9.17) is 9.72 Å². The van der Waals surface area contributed by atoms with Gasteiger partial charge in [-0.25, -0.2) is 4.98 Å². The predicted octanol–water partition coefficient (Wildman–Crippen LogP) is 4.36. The van der Waals surface area contributed by atoms with Gasteiger partial charge in [0, 0.05) is 19.5 Å². The van der Waals surface area contributed by atoms with E-state index >= 15 is 0 Å². The highest BCUT2D eigenvalue weighted by Gasteiger charge is 2.10. The van der Waals surface area contributed by atoms with Gasteiger partial charge in [0.1, 0.15) is 11.6 Å². The number of hydrogen-bond donors (Lipinski definition) is 1. The molecular formula is C24H29N3O2. The number of para-hydroxylation sites is 2. The molecule has 1 aromatic heterocycles. The Morgan fingerprint density at radius 3 is 2.83 bits per heavy atom. The Morgan fingerprint density at radius 1 is 1.21 bits per heavy atom. The van der Waals surface area contributed by atoms with Crippen LogP contribution in [0.15, 0.2) is 54.6 Å². The first-order valence-electron chi connectivity index (χ1n) is 10.1. The van der Waals surface area contributed by atoms with Crippen LogP contribution < -0.4 is 10.1 Å².